The molecule has 20 aromatic carbocycles. The fraction of sp³-hybridized carbons (Fsp3) is 0. The molecule has 0 fully saturated rings. The first-order valence-electron chi connectivity index (χ1n) is 36.8. The van der Waals surface area contributed by atoms with Gasteiger partial charge in [0.1, 0.15) is 22.3 Å². The van der Waals surface area contributed by atoms with Gasteiger partial charge in [0.05, 0.1) is 0 Å². The fourth-order valence-corrected chi connectivity index (χ4v) is 19.1. The van der Waals surface area contributed by atoms with Crippen molar-refractivity contribution in [3.8, 4) is 122 Å². The molecule has 486 valence electrons. The number of hydrogen-bond acceptors (Lipinski definition) is 2. The molecule has 2 aliphatic rings. The zero-order valence-electron chi connectivity index (χ0n) is 57.3. The van der Waals surface area contributed by atoms with Crippen LogP contribution in [0.5, 0.6) is 0 Å². The third kappa shape index (κ3) is 8.15. The van der Waals surface area contributed by atoms with Gasteiger partial charge in [0.25, 0.3) is 0 Å². The summed E-state index contributed by atoms with van der Waals surface area (Å²) >= 11 is 0. The molecular weight excluding hydrogens is 1280 g/mol. The molecular formula is C104H58O2. The molecule has 0 amide bonds. The normalized spacial score (nSPS) is 12.3. The van der Waals surface area contributed by atoms with Gasteiger partial charge < -0.3 is 8.83 Å². The summed E-state index contributed by atoms with van der Waals surface area (Å²) in [5, 5.41) is 24.1. The number of benzene rings is 20. The summed E-state index contributed by atoms with van der Waals surface area (Å²) in [5.74, 6) is 0. The Morgan fingerprint density at radius 2 is 0.557 bits per heavy atom. The summed E-state index contributed by atoms with van der Waals surface area (Å²) in [6.45, 7) is 0. The highest BCUT2D eigenvalue weighted by Gasteiger charge is 2.32. The van der Waals surface area contributed by atoms with E-state index < -0.39 is 0 Å². The van der Waals surface area contributed by atoms with Crippen LogP contribution in [-0.2, 0) is 0 Å². The fourth-order valence-electron chi connectivity index (χ4n) is 19.1. The minimum Gasteiger partial charge on any atom is -0.456 e. The molecule has 0 N–H and O–H groups in total. The van der Waals surface area contributed by atoms with Gasteiger partial charge in [0.15, 0.2) is 0 Å². The second kappa shape index (κ2) is 21.8. The summed E-state index contributed by atoms with van der Waals surface area (Å²) in [7, 11) is 0. The molecule has 2 aliphatic carbocycles. The van der Waals surface area contributed by atoms with Gasteiger partial charge in [-0.1, -0.05) is 285 Å². The second-order valence-corrected chi connectivity index (χ2v) is 29.1. The van der Waals surface area contributed by atoms with E-state index in [1.165, 1.54) is 159 Å². The molecule has 0 atom stereocenters. The number of furan rings is 2. The Kier molecular flexibility index (Phi) is 11.9. The maximum Gasteiger partial charge on any atom is 0.143 e. The van der Waals surface area contributed by atoms with Crippen LogP contribution in [0.25, 0.3) is 252 Å². The van der Waals surface area contributed by atoms with Gasteiger partial charge >= 0.3 is 0 Å². The van der Waals surface area contributed by atoms with Gasteiger partial charge in [-0.15, -0.1) is 0 Å². The predicted molar refractivity (Wildman–Crippen MR) is 448 cm³/mol. The Hall–Kier alpha value is -13.9. The predicted octanol–water partition coefficient (Wildman–Crippen LogP) is 29.7. The lowest BCUT2D eigenvalue weighted by molar-refractivity contribution is 0.669. The summed E-state index contributed by atoms with van der Waals surface area (Å²) in [6, 6.07) is 132. The SMILES string of the molecule is c1ccc2c(-c3ccc(-c4cc(-c5ccc(-c6ccc7c(c6)-c6cccc8cccc-7c68)c6c5oc5ccc(-c7cc8ccccc8c8ccccc78)cc56)cc5ccccc45)c4c3-c3cccc5c(-c6cccc7oc8ccc(-c9cc%10ccccc%10c%10ccccc9%10)cc8c67)ccc-4c35)cccc2c1. The quantitative estimate of drug-likeness (QED) is 0.149. The van der Waals surface area contributed by atoms with Gasteiger partial charge in [0, 0.05) is 27.1 Å². The molecule has 2 nitrogen and oxygen atoms in total. The topological polar surface area (TPSA) is 26.3 Å². The van der Waals surface area contributed by atoms with Gasteiger partial charge in [-0.25, -0.2) is 0 Å². The van der Waals surface area contributed by atoms with Gasteiger partial charge in [0.2, 0.25) is 0 Å². The lowest BCUT2D eigenvalue weighted by Crippen LogP contribution is -1.93. The van der Waals surface area contributed by atoms with Crippen molar-refractivity contribution in [3.63, 3.8) is 0 Å². The van der Waals surface area contributed by atoms with E-state index in [9.17, 15) is 0 Å². The Morgan fingerprint density at radius 3 is 1.25 bits per heavy atom. The Balaban J connectivity index is 0.724. The van der Waals surface area contributed by atoms with Crippen molar-refractivity contribution >= 4 is 130 Å². The third-order valence-electron chi connectivity index (χ3n) is 23.7. The first-order chi connectivity index (χ1) is 52.6. The van der Waals surface area contributed by atoms with Crippen molar-refractivity contribution in [1.82, 2.24) is 0 Å². The summed E-state index contributed by atoms with van der Waals surface area (Å²) in [4.78, 5) is 0. The van der Waals surface area contributed by atoms with Crippen LogP contribution in [0.4, 0.5) is 0 Å². The van der Waals surface area contributed by atoms with E-state index in [-0.39, 0.29) is 0 Å². The molecule has 0 spiro atoms. The van der Waals surface area contributed by atoms with Crippen molar-refractivity contribution in [3.05, 3.63) is 352 Å². The first-order valence-corrected chi connectivity index (χ1v) is 36.8. The third-order valence-corrected chi connectivity index (χ3v) is 23.7. The summed E-state index contributed by atoms with van der Waals surface area (Å²) < 4.78 is 14.4. The van der Waals surface area contributed by atoms with Crippen molar-refractivity contribution in [1.29, 1.82) is 0 Å². The molecule has 0 aliphatic heterocycles. The molecule has 2 heteroatoms. The average molecular weight is 1340 g/mol. The standard InChI is InChI=1S/C104H58O2/c1-5-25-68-59(18-1)22-13-33-76(68)85-47-48-86(102-88-49-46-79(82-36-16-38-87(99(82)88)101(85)102)83-37-17-39-97-100(83)93-56-65(41-50-95(93)105-97)89-53-62-20-3-6-26-69(62)74-29-9-11-31-77(74)89)91-58-67(52-61-19-2-8-28-71(61)91)73-45-44-72(64-40-43-80-81-34-14-23-60-24-15-35-84(98(60)81)92(80)55-64)103-94-57-66(42-51-96(94)106-104(73)103)90-54-63-21-4-7-27-70(63)75-30-10-12-32-78(75)90/h1-58H. The molecule has 0 unspecified atom stereocenters. The van der Waals surface area contributed by atoms with E-state index in [2.05, 4.69) is 352 Å². The van der Waals surface area contributed by atoms with Crippen LogP contribution in [0.1, 0.15) is 0 Å². The highest BCUT2D eigenvalue weighted by atomic mass is 16.3. The van der Waals surface area contributed by atoms with Crippen LogP contribution in [0.3, 0.4) is 0 Å². The van der Waals surface area contributed by atoms with E-state index in [1.54, 1.807) is 0 Å². The van der Waals surface area contributed by atoms with Gasteiger partial charge in [-0.05, 0) is 270 Å². The van der Waals surface area contributed by atoms with Crippen LogP contribution in [-0.4, -0.2) is 0 Å². The van der Waals surface area contributed by atoms with Crippen LogP contribution in [0, 0.1) is 0 Å². The van der Waals surface area contributed by atoms with E-state index in [4.69, 9.17) is 8.83 Å². The van der Waals surface area contributed by atoms with E-state index in [0.717, 1.165) is 93.8 Å². The summed E-state index contributed by atoms with van der Waals surface area (Å²) in [6.07, 6.45) is 0. The lowest BCUT2D eigenvalue weighted by atomic mass is 9.84. The molecule has 106 heavy (non-hydrogen) atoms. The maximum atomic E-state index is 7.49. The van der Waals surface area contributed by atoms with Gasteiger partial charge in [-0.2, -0.15) is 0 Å². The highest BCUT2D eigenvalue weighted by Crippen LogP contribution is 2.59. The monoisotopic (exact) mass is 1340 g/mol. The Morgan fingerprint density at radius 1 is 0.142 bits per heavy atom. The Labute approximate surface area is 609 Å². The molecule has 0 radical (unpaired) electrons. The average Bonchev–Trinajstić information content (AvgIpc) is 1.54. The number of rotatable bonds is 7. The van der Waals surface area contributed by atoms with Crippen LogP contribution in [0.15, 0.2) is 361 Å². The van der Waals surface area contributed by atoms with Crippen molar-refractivity contribution in [2.24, 2.45) is 0 Å². The second-order valence-electron chi connectivity index (χ2n) is 29.1. The van der Waals surface area contributed by atoms with E-state index >= 15 is 0 Å². The van der Waals surface area contributed by atoms with E-state index in [0.29, 0.717) is 0 Å². The van der Waals surface area contributed by atoms with Crippen LogP contribution < -0.4 is 0 Å². The van der Waals surface area contributed by atoms with E-state index in [1.807, 2.05) is 0 Å². The molecule has 2 heterocycles. The largest absolute Gasteiger partial charge is 0.456 e. The zero-order chi connectivity index (χ0) is 69.0. The first kappa shape index (κ1) is 57.7. The number of hydrogen-bond donors (Lipinski definition) is 0. The molecule has 0 saturated heterocycles. The van der Waals surface area contributed by atoms with Crippen molar-refractivity contribution in [2.75, 3.05) is 0 Å². The van der Waals surface area contributed by atoms with Crippen LogP contribution in [0.2, 0.25) is 0 Å². The highest BCUT2D eigenvalue weighted by molar-refractivity contribution is 6.28. The van der Waals surface area contributed by atoms with Crippen LogP contribution >= 0.6 is 0 Å². The molecule has 2 aromatic heterocycles. The van der Waals surface area contributed by atoms with Crippen molar-refractivity contribution < 1.29 is 8.83 Å². The minimum atomic E-state index is 0.848. The molecule has 0 saturated carbocycles. The van der Waals surface area contributed by atoms with Crippen molar-refractivity contribution in [2.45, 2.75) is 0 Å². The number of fused-ring (bicyclic) bond motifs is 20. The minimum absolute atomic E-state index is 0.848. The molecule has 0 bridgehead atoms. The molecule has 24 rings (SSSR count). The summed E-state index contributed by atoms with van der Waals surface area (Å²) in [5.41, 5.74) is 29.7. The van der Waals surface area contributed by atoms with Gasteiger partial charge in [-0.3, -0.25) is 0 Å². The molecule has 22 aromatic rings. The lowest BCUT2D eigenvalue weighted by Gasteiger charge is -2.19. The Bertz CT molecular complexity index is 7690. The smallest absolute Gasteiger partial charge is 0.143 e. The zero-order valence-corrected chi connectivity index (χ0v) is 57.3. The maximum absolute atomic E-state index is 7.49.